The molecule has 0 N–H and O–H groups in total. The lowest BCUT2D eigenvalue weighted by atomic mass is 9.80. The molecule has 12 rings (SSSR count). The predicted octanol–water partition coefficient (Wildman–Crippen LogP) is 15.5. The van der Waals surface area contributed by atoms with Crippen LogP contribution in [-0.2, 0) is 16.2 Å². The van der Waals surface area contributed by atoms with Crippen molar-refractivity contribution in [3.05, 3.63) is 197 Å². The van der Waals surface area contributed by atoms with E-state index in [1.54, 1.807) is 0 Å². The van der Waals surface area contributed by atoms with Crippen molar-refractivity contribution in [2.75, 3.05) is 4.90 Å². The van der Waals surface area contributed by atoms with Crippen LogP contribution in [-0.4, -0.2) is 0 Å². The van der Waals surface area contributed by atoms with Crippen LogP contribution < -0.4 is 4.90 Å². The zero-order chi connectivity index (χ0) is 39.3. The van der Waals surface area contributed by atoms with E-state index in [2.05, 4.69) is 210 Å². The van der Waals surface area contributed by atoms with Gasteiger partial charge in [-0.05, 0) is 136 Å². The van der Waals surface area contributed by atoms with Gasteiger partial charge in [-0.1, -0.05) is 163 Å². The second kappa shape index (κ2) is 11.4. The minimum atomic E-state index is -0.113. The summed E-state index contributed by atoms with van der Waals surface area (Å²) < 4.78 is 0. The van der Waals surface area contributed by atoms with Crippen molar-refractivity contribution in [1.29, 1.82) is 0 Å². The fourth-order valence-corrected chi connectivity index (χ4v) is 11.4. The van der Waals surface area contributed by atoms with Crippen molar-refractivity contribution in [1.82, 2.24) is 0 Å². The average molecular weight is 744 g/mol. The molecule has 0 bridgehead atoms. The van der Waals surface area contributed by atoms with Crippen LogP contribution in [0.2, 0.25) is 0 Å². The molecule has 9 aromatic rings. The lowest BCUT2D eigenvalue weighted by Crippen LogP contribution is -2.18. The maximum atomic E-state index is 2.53. The molecule has 58 heavy (non-hydrogen) atoms. The van der Waals surface area contributed by atoms with E-state index in [4.69, 9.17) is 0 Å². The molecule has 0 saturated carbocycles. The summed E-state index contributed by atoms with van der Waals surface area (Å²) >= 11 is 0. The van der Waals surface area contributed by atoms with Gasteiger partial charge in [-0.2, -0.15) is 0 Å². The van der Waals surface area contributed by atoms with Gasteiger partial charge in [0.15, 0.2) is 0 Å². The molecule has 0 aliphatic heterocycles. The third kappa shape index (κ3) is 4.32. The molecular formula is C57H45N. The molecule has 0 spiro atoms. The Balaban J connectivity index is 1.08. The number of rotatable bonds is 4. The van der Waals surface area contributed by atoms with E-state index in [0.29, 0.717) is 0 Å². The van der Waals surface area contributed by atoms with Crippen molar-refractivity contribution in [3.8, 4) is 33.4 Å². The van der Waals surface area contributed by atoms with Gasteiger partial charge in [0, 0.05) is 33.0 Å². The van der Waals surface area contributed by atoms with Crippen LogP contribution in [0.3, 0.4) is 0 Å². The molecular weight excluding hydrogens is 699 g/mol. The van der Waals surface area contributed by atoms with E-state index in [1.165, 1.54) is 116 Å². The van der Waals surface area contributed by atoms with Gasteiger partial charge in [-0.3, -0.25) is 0 Å². The standard InChI is InChI=1S/C57H45N/c1-55(2)46-20-9-7-15-41(46)43-28-26-37(32-49(43)55)58(38-27-29-44-42-16-8-10-21-47(42)56(3,4)50(44)33-38)52-23-13-18-40-39(17-12-19-45(40)52)36-30-35-25-24-34-14-11-22-48-53(34)54(35)51(31-36)57(48,5)6/h7-33H,1-6H3. The molecule has 278 valence electrons. The molecule has 3 aliphatic carbocycles. The Morgan fingerprint density at radius 3 is 1.50 bits per heavy atom. The van der Waals surface area contributed by atoms with Crippen molar-refractivity contribution >= 4 is 49.4 Å². The number of hydrogen-bond acceptors (Lipinski definition) is 1. The topological polar surface area (TPSA) is 3.24 Å². The number of fused-ring (bicyclic) bond motifs is 7. The van der Waals surface area contributed by atoms with Crippen LogP contribution in [0.5, 0.6) is 0 Å². The largest absolute Gasteiger partial charge is 0.310 e. The lowest BCUT2D eigenvalue weighted by Gasteiger charge is -2.30. The fraction of sp³-hybridized carbons (Fsp3) is 0.158. The first-order valence-electron chi connectivity index (χ1n) is 20.8. The number of hydrogen-bond donors (Lipinski definition) is 0. The maximum Gasteiger partial charge on any atom is 0.0540 e. The van der Waals surface area contributed by atoms with Gasteiger partial charge in [0.2, 0.25) is 0 Å². The molecule has 0 aromatic heterocycles. The van der Waals surface area contributed by atoms with E-state index in [0.717, 1.165) is 0 Å². The average Bonchev–Trinajstić information content (AvgIpc) is 3.73. The Morgan fingerprint density at radius 1 is 0.328 bits per heavy atom. The van der Waals surface area contributed by atoms with Crippen LogP contribution in [0.1, 0.15) is 74.9 Å². The summed E-state index contributed by atoms with van der Waals surface area (Å²) in [6.45, 7) is 14.3. The Hall–Kier alpha value is -6.44. The molecule has 3 aliphatic rings. The SMILES string of the molecule is CC1(C)c2ccccc2-c2ccc(N(c3ccc4c(c3)C(C)(C)c3ccccc3-4)c3cccc4c(-c5cc6c7c(ccc8cccc(c87)C6(C)C)c5)cccc34)cc21. The molecule has 0 amide bonds. The maximum absolute atomic E-state index is 2.53. The Labute approximate surface area is 341 Å². The molecule has 9 aromatic carbocycles. The van der Waals surface area contributed by atoms with Crippen LogP contribution in [0.25, 0.3) is 65.7 Å². The zero-order valence-electron chi connectivity index (χ0n) is 34.0. The minimum Gasteiger partial charge on any atom is -0.310 e. The summed E-state index contributed by atoms with van der Waals surface area (Å²) in [6, 6.07) is 62.4. The highest BCUT2D eigenvalue weighted by Crippen LogP contribution is 2.55. The second-order valence-corrected chi connectivity index (χ2v) is 18.5. The highest BCUT2D eigenvalue weighted by atomic mass is 15.1. The first-order chi connectivity index (χ1) is 28.0. The number of benzene rings is 9. The van der Waals surface area contributed by atoms with E-state index in [-0.39, 0.29) is 16.2 Å². The van der Waals surface area contributed by atoms with Gasteiger partial charge >= 0.3 is 0 Å². The summed E-state index contributed by atoms with van der Waals surface area (Å²) in [4.78, 5) is 2.53. The van der Waals surface area contributed by atoms with Crippen LogP contribution in [0.4, 0.5) is 17.1 Å². The van der Waals surface area contributed by atoms with Gasteiger partial charge in [0.25, 0.3) is 0 Å². The molecule has 0 heterocycles. The first-order valence-corrected chi connectivity index (χ1v) is 20.8. The van der Waals surface area contributed by atoms with Crippen LogP contribution >= 0.6 is 0 Å². The van der Waals surface area contributed by atoms with Crippen molar-refractivity contribution in [2.24, 2.45) is 0 Å². The van der Waals surface area contributed by atoms with Crippen LogP contribution in [0, 0.1) is 0 Å². The summed E-state index contributed by atoms with van der Waals surface area (Å²) in [7, 11) is 0. The highest BCUT2D eigenvalue weighted by Gasteiger charge is 2.38. The van der Waals surface area contributed by atoms with Crippen molar-refractivity contribution in [3.63, 3.8) is 0 Å². The van der Waals surface area contributed by atoms with Gasteiger partial charge in [-0.25, -0.2) is 0 Å². The Kier molecular flexibility index (Phi) is 6.60. The van der Waals surface area contributed by atoms with Gasteiger partial charge in [0.1, 0.15) is 0 Å². The first kappa shape index (κ1) is 33.7. The quantitative estimate of drug-likeness (QED) is 0.162. The zero-order valence-corrected chi connectivity index (χ0v) is 34.0. The highest BCUT2D eigenvalue weighted by molar-refractivity contribution is 6.16. The molecule has 0 atom stereocenters. The Morgan fingerprint density at radius 2 is 0.828 bits per heavy atom. The molecule has 0 unspecified atom stereocenters. The van der Waals surface area contributed by atoms with Gasteiger partial charge in [0.05, 0.1) is 5.69 Å². The predicted molar refractivity (Wildman–Crippen MR) is 246 cm³/mol. The second-order valence-electron chi connectivity index (χ2n) is 18.5. The third-order valence-electron chi connectivity index (χ3n) is 14.4. The van der Waals surface area contributed by atoms with E-state index in [1.807, 2.05) is 0 Å². The summed E-state index contributed by atoms with van der Waals surface area (Å²) in [5.74, 6) is 0. The normalized spacial score (nSPS) is 15.8. The Bertz CT molecular complexity index is 3160. The summed E-state index contributed by atoms with van der Waals surface area (Å²) in [5, 5.41) is 7.98. The van der Waals surface area contributed by atoms with Crippen molar-refractivity contribution < 1.29 is 0 Å². The molecule has 0 fully saturated rings. The number of nitrogens with zero attached hydrogens (tertiary/aromatic N) is 1. The fourth-order valence-electron chi connectivity index (χ4n) is 11.4. The minimum absolute atomic E-state index is 0.0774. The monoisotopic (exact) mass is 743 g/mol. The number of anilines is 3. The van der Waals surface area contributed by atoms with Gasteiger partial charge < -0.3 is 4.90 Å². The van der Waals surface area contributed by atoms with Gasteiger partial charge in [-0.15, -0.1) is 0 Å². The summed E-state index contributed by atoms with van der Waals surface area (Å²) in [6.07, 6.45) is 0. The molecule has 0 radical (unpaired) electrons. The van der Waals surface area contributed by atoms with E-state index < -0.39 is 0 Å². The summed E-state index contributed by atoms with van der Waals surface area (Å²) in [5.41, 5.74) is 19.5. The van der Waals surface area contributed by atoms with Crippen LogP contribution in [0.15, 0.2) is 164 Å². The van der Waals surface area contributed by atoms with E-state index >= 15 is 0 Å². The van der Waals surface area contributed by atoms with Crippen molar-refractivity contribution in [2.45, 2.75) is 57.8 Å². The van der Waals surface area contributed by atoms with E-state index in [9.17, 15) is 0 Å². The smallest absolute Gasteiger partial charge is 0.0540 e. The molecule has 1 nitrogen and oxygen atoms in total. The molecule has 0 saturated heterocycles. The third-order valence-corrected chi connectivity index (χ3v) is 14.4. The lowest BCUT2D eigenvalue weighted by molar-refractivity contribution is 0.660. The molecule has 1 heteroatoms.